The minimum Gasteiger partial charge on any atom is -0.372 e. The molecule has 0 bridgehead atoms. The van der Waals surface area contributed by atoms with Gasteiger partial charge in [-0.2, -0.15) is 0 Å². The quantitative estimate of drug-likeness (QED) is 0.666. The molecule has 1 aliphatic rings. The summed E-state index contributed by atoms with van der Waals surface area (Å²) in [6, 6.07) is 14.6. The molecule has 2 amide bonds. The molecule has 2 aromatic rings. The second-order valence-corrected chi connectivity index (χ2v) is 7.28. The van der Waals surface area contributed by atoms with Crippen molar-refractivity contribution < 1.29 is 14.4 Å². The normalized spacial score (nSPS) is 17.3. The first-order chi connectivity index (χ1) is 13.9. The van der Waals surface area contributed by atoms with Crippen LogP contribution in [0.5, 0.6) is 0 Å². The van der Waals surface area contributed by atoms with Gasteiger partial charge >= 0.3 is 0 Å². The van der Waals surface area contributed by atoms with Crippen molar-refractivity contribution in [2.75, 3.05) is 28.6 Å². The first kappa shape index (κ1) is 20.6. The van der Waals surface area contributed by atoms with E-state index in [0.29, 0.717) is 17.7 Å². The molecule has 0 spiro atoms. The van der Waals surface area contributed by atoms with E-state index >= 15 is 0 Å². The summed E-state index contributed by atoms with van der Waals surface area (Å²) in [5, 5.41) is 5.70. The van der Waals surface area contributed by atoms with Crippen LogP contribution in [0.4, 0.5) is 17.1 Å². The van der Waals surface area contributed by atoms with Crippen LogP contribution in [0.1, 0.15) is 37.6 Å². The van der Waals surface area contributed by atoms with Crippen molar-refractivity contribution in [3.05, 3.63) is 54.1 Å². The van der Waals surface area contributed by atoms with Gasteiger partial charge in [-0.05, 0) is 63.6 Å². The molecule has 0 aromatic heterocycles. The molecule has 6 heteroatoms. The summed E-state index contributed by atoms with van der Waals surface area (Å²) in [6.07, 6.45) is 0.529. The number of rotatable bonds is 8. The van der Waals surface area contributed by atoms with Gasteiger partial charge in [0.1, 0.15) is 0 Å². The van der Waals surface area contributed by atoms with Gasteiger partial charge in [-0.1, -0.05) is 12.1 Å². The summed E-state index contributed by atoms with van der Waals surface area (Å²) in [4.78, 5) is 38.6. The lowest BCUT2D eigenvalue weighted by atomic mass is 10.1. The first-order valence-corrected chi connectivity index (χ1v) is 10.0. The molecule has 3 rings (SSSR count). The molecule has 1 aliphatic carbocycles. The Bertz CT molecular complexity index is 904. The van der Waals surface area contributed by atoms with E-state index in [1.807, 2.05) is 24.3 Å². The lowest BCUT2D eigenvalue weighted by Crippen LogP contribution is -2.22. The fourth-order valence-corrected chi connectivity index (χ4v) is 3.40. The fraction of sp³-hybridized carbons (Fsp3) is 0.348. The van der Waals surface area contributed by atoms with Crippen molar-refractivity contribution in [3.8, 4) is 0 Å². The van der Waals surface area contributed by atoms with Crippen molar-refractivity contribution in [1.29, 1.82) is 0 Å². The van der Waals surface area contributed by atoms with Gasteiger partial charge in [-0.25, -0.2) is 0 Å². The third-order valence-electron chi connectivity index (χ3n) is 5.26. The highest BCUT2D eigenvalue weighted by atomic mass is 16.2. The van der Waals surface area contributed by atoms with E-state index in [1.165, 1.54) is 6.92 Å². The third-order valence-corrected chi connectivity index (χ3v) is 5.26. The molecule has 2 aromatic carbocycles. The highest BCUT2D eigenvalue weighted by Gasteiger charge is 2.48. The van der Waals surface area contributed by atoms with Crippen molar-refractivity contribution >= 4 is 34.7 Å². The smallest absolute Gasteiger partial charge is 0.228 e. The number of carbonyl (C=O) groups is 3. The molecule has 2 N–H and O–H groups in total. The predicted octanol–water partition coefficient (Wildman–Crippen LogP) is 3.95. The summed E-state index contributed by atoms with van der Waals surface area (Å²) >= 11 is 0. The molecular formula is C23H27N3O3. The Morgan fingerprint density at radius 3 is 2.03 bits per heavy atom. The lowest BCUT2D eigenvalue weighted by molar-refractivity contribution is -0.122. The van der Waals surface area contributed by atoms with Gasteiger partial charge in [-0.3, -0.25) is 14.4 Å². The van der Waals surface area contributed by atoms with Crippen molar-refractivity contribution in [2.24, 2.45) is 11.8 Å². The molecule has 0 heterocycles. The van der Waals surface area contributed by atoms with Crippen molar-refractivity contribution in [3.63, 3.8) is 0 Å². The number of amides is 2. The van der Waals surface area contributed by atoms with E-state index in [-0.39, 0.29) is 29.4 Å². The molecule has 1 fully saturated rings. The molecule has 152 valence electrons. The lowest BCUT2D eigenvalue weighted by Gasteiger charge is -2.21. The van der Waals surface area contributed by atoms with Crippen LogP contribution in [0.2, 0.25) is 0 Å². The number of nitrogens with one attached hydrogen (secondary N) is 2. The van der Waals surface area contributed by atoms with E-state index in [2.05, 4.69) is 29.4 Å². The predicted molar refractivity (Wildman–Crippen MR) is 115 cm³/mol. The number of ketones is 1. The van der Waals surface area contributed by atoms with E-state index in [0.717, 1.165) is 24.5 Å². The van der Waals surface area contributed by atoms with Crippen LogP contribution in [0.25, 0.3) is 0 Å². The minimum absolute atomic E-state index is 0.0585. The van der Waals surface area contributed by atoms with Crippen LogP contribution in [-0.4, -0.2) is 30.7 Å². The number of anilines is 3. The summed E-state index contributed by atoms with van der Waals surface area (Å²) in [6.45, 7) is 7.55. The summed E-state index contributed by atoms with van der Waals surface area (Å²) in [5.41, 5.74) is 2.96. The molecule has 0 aliphatic heterocycles. The van der Waals surface area contributed by atoms with Gasteiger partial charge in [-0.15, -0.1) is 0 Å². The molecule has 2 atom stereocenters. The molecule has 6 nitrogen and oxygen atoms in total. The summed E-state index contributed by atoms with van der Waals surface area (Å²) < 4.78 is 0. The summed E-state index contributed by atoms with van der Waals surface area (Å²) in [7, 11) is 0. The topological polar surface area (TPSA) is 78.5 Å². The van der Waals surface area contributed by atoms with Crippen LogP contribution in [0, 0.1) is 11.8 Å². The Kier molecular flexibility index (Phi) is 6.32. The molecule has 29 heavy (non-hydrogen) atoms. The van der Waals surface area contributed by atoms with Gasteiger partial charge in [0.15, 0.2) is 5.78 Å². The SMILES string of the molecule is CCN(CC)c1ccc(NC(=O)C2CC2C(=O)Nc2cccc(C(C)=O)c2)cc1. The standard InChI is InChI=1S/C23H27N3O3/c1-4-26(5-2)19-11-9-17(10-12-19)24-22(28)20-14-21(20)23(29)25-18-8-6-7-16(13-18)15(3)27/h6-13,20-21H,4-5,14H2,1-3H3,(H,24,28)(H,25,29). The highest BCUT2D eigenvalue weighted by Crippen LogP contribution is 2.40. The number of benzene rings is 2. The van der Waals surface area contributed by atoms with Crippen LogP contribution < -0.4 is 15.5 Å². The molecule has 0 saturated heterocycles. The van der Waals surface area contributed by atoms with Gasteiger partial charge in [0.05, 0.1) is 11.8 Å². The van der Waals surface area contributed by atoms with Crippen LogP contribution >= 0.6 is 0 Å². The fourth-order valence-electron chi connectivity index (χ4n) is 3.40. The maximum atomic E-state index is 12.5. The third kappa shape index (κ3) is 5.02. The molecule has 1 saturated carbocycles. The number of hydrogen-bond acceptors (Lipinski definition) is 4. The minimum atomic E-state index is -0.342. The Balaban J connectivity index is 1.54. The van der Waals surface area contributed by atoms with Gasteiger partial charge < -0.3 is 15.5 Å². The number of nitrogens with zero attached hydrogens (tertiary/aromatic N) is 1. The average molecular weight is 393 g/mol. The maximum Gasteiger partial charge on any atom is 0.228 e. The van der Waals surface area contributed by atoms with E-state index in [1.54, 1.807) is 24.3 Å². The van der Waals surface area contributed by atoms with E-state index in [9.17, 15) is 14.4 Å². The number of Topliss-reactive ketones (excluding diaryl/α,β-unsaturated/α-hetero) is 1. The highest BCUT2D eigenvalue weighted by molar-refractivity contribution is 6.04. The van der Waals surface area contributed by atoms with Gasteiger partial charge in [0, 0.05) is 35.7 Å². The van der Waals surface area contributed by atoms with Crippen LogP contribution in [0.3, 0.4) is 0 Å². The van der Waals surface area contributed by atoms with Crippen molar-refractivity contribution in [2.45, 2.75) is 27.2 Å². The maximum absolute atomic E-state index is 12.5. The molecule has 2 unspecified atom stereocenters. The Labute approximate surface area is 171 Å². The molecular weight excluding hydrogens is 366 g/mol. The van der Waals surface area contributed by atoms with Crippen LogP contribution in [0.15, 0.2) is 48.5 Å². The zero-order valence-corrected chi connectivity index (χ0v) is 17.1. The van der Waals surface area contributed by atoms with Crippen molar-refractivity contribution in [1.82, 2.24) is 0 Å². The second-order valence-electron chi connectivity index (χ2n) is 7.28. The van der Waals surface area contributed by atoms with Crippen LogP contribution in [-0.2, 0) is 9.59 Å². The van der Waals surface area contributed by atoms with Gasteiger partial charge in [0.2, 0.25) is 11.8 Å². The first-order valence-electron chi connectivity index (χ1n) is 10.0. The Morgan fingerprint density at radius 1 is 0.897 bits per heavy atom. The monoisotopic (exact) mass is 393 g/mol. The average Bonchev–Trinajstić information content (AvgIpc) is 3.51. The molecule has 0 radical (unpaired) electrons. The van der Waals surface area contributed by atoms with Gasteiger partial charge in [0.25, 0.3) is 0 Å². The number of carbonyl (C=O) groups excluding carboxylic acids is 3. The van der Waals surface area contributed by atoms with E-state index < -0.39 is 0 Å². The summed E-state index contributed by atoms with van der Waals surface area (Å²) in [5.74, 6) is -1.06. The number of hydrogen-bond donors (Lipinski definition) is 2. The zero-order chi connectivity index (χ0) is 21.0. The Hall–Kier alpha value is -3.15. The zero-order valence-electron chi connectivity index (χ0n) is 17.1. The van der Waals surface area contributed by atoms with E-state index in [4.69, 9.17) is 0 Å². The second kappa shape index (κ2) is 8.90. The Morgan fingerprint density at radius 2 is 1.48 bits per heavy atom. The largest absolute Gasteiger partial charge is 0.372 e.